The number of carbonyl (C=O) groups excluding carboxylic acids is 1. The van der Waals surface area contributed by atoms with Gasteiger partial charge in [0, 0.05) is 24.0 Å². The topological polar surface area (TPSA) is 72.8 Å². The van der Waals surface area contributed by atoms with E-state index >= 15 is 0 Å². The Kier molecular flexibility index (Phi) is 7.76. The molecule has 0 fully saturated rings. The van der Waals surface area contributed by atoms with Crippen LogP contribution in [-0.4, -0.2) is 30.1 Å². The second-order valence-electron chi connectivity index (χ2n) is 6.95. The molecule has 0 saturated heterocycles. The van der Waals surface area contributed by atoms with Gasteiger partial charge in [-0.15, -0.1) is 0 Å². The van der Waals surface area contributed by atoms with E-state index in [1.54, 1.807) is 24.3 Å². The molecule has 0 atom stereocenters. The van der Waals surface area contributed by atoms with Gasteiger partial charge < -0.3 is 14.6 Å². The summed E-state index contributed by atoms with van der Waals surface area (Å²) < 4.78 is 24.3. The van der Waals surface area contributed by atoms with Crippen molar-refractivity contribution in [2.45, 2.75) is 19.3 Å². The van der Waals surface area contributed by atoms with E-state index < -0.39 is 5.97 Å². The van der Waals surface area contributed by atoms with Crippen LogP contribution >= 0.6 is 0 Å². The third-order valence-corrected chi connectivity index (χ3v) is 4.60. The van der Waals surface area contributed by atoms with Crippen LogP contribution in [-0.2, 0) is 11.2 Å². The first-order chi connectivity index (χ1) is 15.0. The first-order valence-electron chi connectivity index (χ1n) is 9.98. The molecule has 5 nitrogen and oxygen atoms in total. The molecule has 0 aliphatic carbocycles. The molecule has 31 heavy (non-hydrogen) atoms. The molecule has 0 spiro atoms. The number of ketones is 1. The fourth-order valence-corrected chi connectivity index (χ4v) is 2.91. The summed E-state index contributed by atoms with van der Waals surface area (Å²) in [6.45, 7) is 0.942. The zero-order valence-corrected chi connectivity index (χ0v) is 16.9. The molecule has 0 heterocycles. The summed E-state index contributed by atoms with van der Waals surface area (Å²) in [7, 11) is 0. The van der Waals surface area contributed by atoms with Crippen LogP contribution in [0.3, 0.4) is 0 Å². The molecule has 1 N–H and O–H groups in total. The number of aryl methyl sites for hydroxylation is 1. The largest absolute Gasteiger partial charge is 0.493 e. The summed E-state index contributed by atoms with van der Waals surface area (Å²) >= 11 is 0. The van der Waals surface area contributed by atoms with E-state index in [2.05, 4.69) is 0 Å². The number of carboxylic acids is 1. The highest BCUT2D eigenvalue weighted by Gasteiger charge is 2.09. The Labute approximate surface area is 180 Å². The maximum Gasteiger partial charge on any atom is 0.303 e. The lowest BCUT2D eigenvalue weighted by molar-refractivity contribution is -0.136. The molecule has 3 aromatic rings. The number of carboxylic acid groups (broad SMARTS) is 1. The maximum absolute atomic E-state index is 13.0. The quantitative estimate of drug-likeness (QED) is 0.351. The molecule has 0 aromatic heterocycles. The van der Waals surface area contributed by atoms with E-state index in [-0.39, 0.29) is 18.0 Å². The van der Waals surface area contributed by atoms with Crippen LogP contribution in [0.15, 0.2) is 72.8 Å². The fraction of sp³-hybridized carbons (Fsp3) is 0.200. The van der Waals surface area contributed by atoms with E-state index in [1.807, 2.05) is 24.3 Å². The lowest BCUT2D eigenvalue weighted by Crippen LogP contribution is -2.05. The molecule has 0 aliphatic rings. The van der Waals surface area contributed by atoms with Crippen molar-refractivity contribution in [1.29, 1.82) is 0 Å². The van der Waals surface area contributed by atoms with Gasteiger partial charge in [-0.25, -0.2) is 4.39 Å². The molecular formula is C25H23FO5. The molecule has 0 saturated carbocycles. The molecule has 0 amide bonds. The Morgan fingerprint density at radius 2 is 1.23 bits per heavy atom. The smallest absolute Gasteiger partial charge is 0.303 e. The van der Waals surface area contributed by atoms with Gasteiger partial charge in [-0.1, -0.05) is 12.1 Å². The highest BCUT2D eigenvalue weighted by molar-refractivity contribution is 6.08. The minimum Gasteiger partial charge on any atom is -0.493 e. The van der Waals surface area contributed by atoms with Crippen molar-refractivity contribution >= 4 is 11.8 Å². The number of carbonyl (C=O) groups is 2. The second kappa shape index (κ2) is 10.9. The van der Waals surface area contributed by atoms with Crippen LogP contribution in [0.25, 0.3) is 0 Å². The highest BCUT2D eigenvalue weighted by Crippen LogP contribution is 2.17. The van der Waals surface area contributed by atoms with Crippen LogP contribution < -0.4 is 9.47 Å². The number of hydrogen-bond acceptors (Lipinski definition) is 4. The summed E-state index contributed by atoms with van der Waals surface area (Å²) in [5.74, 6) is 0.0153. The van der Waals surface area contributed by atoms with E-state index in [1.165, 1.54) is 24.3 Å². The van der Waals surface area contributed by atoms with Crippen molar-refractivity contribution in [2.24, 2.45) is 0 Å². The Balaban J connectivity index is 1.38. The monoisotopic (exact) mass is 422 g/mol. The molecule has 0 unspecified atom stereocenters. The Morgan fingerprint density at radius 1 is 0.742 bits per heavy atom. The number of hydrogen-bond donors (Lipinski definition) is 1. The lowest BCUT2D eigenvalue weighted by atomic mass is 10.0. The number of halogens is 1. The number of rotatable bonds is 11. The minimum absolute atomic E-state index is 0.110. The number of ether oxygens (including phenoxy) is 2. The van der Waals surface area contributed by atoms with Gasteiger partial charge in [-0.05, 0) is 72.6 Å². The zero-order valence-electron chi connectivity index (χ0n) is 16.9. The Hall–Kier alpha value is -3.67. The molecule has 160 valence electrons. The minimum atomic E-state index is -0.811. The third kappa shape index (κ3) is 6.96. The highest BCUT2D eigenvalue weighted by atomic mass is 19.1. The summed E-state index contributed by atoms with van der Waals surface area (Å²) in [4.78, 5) is 23.0. The summed E-state index contributed by atoms with van der Waals surface area (Å²) in [5.41, 5.74) is 1.90. The van der Waals surface area contributed by atoms with Crippen LogP contribution in [0.5, 0.6) is 11.5 Å². The van der Waals surface area contributed by atoms with E-state index in [9.17, 15) is 14.0 Å². The van der Waals surface area contributed by atoms with Crippen molar-refractivity contribution in [2.75, 3.05) is 13.2 Å². The fourth-order valence-electron chi connectivity index (χ4n) is 2.91. The molecule has 6 heteroatoms. The standard InChI is InChI=1S/C25H23FO5/c26-21-9-5-19(6-10-21)25(29)20-7-13-23(14-8-20)31-17-1-16-30-22-11-2-18(3-12-22)4-15-24(27)28/h2-3,5-14H,1,4,15-17H2,(H,27,28). The molecule has 0 radical (unpaired) electrons. The van der Waals surface area contributed by atoms with E-state index in [0.29, 0.717) is 42.9 Å². The third-order valence-electron chi connectivity index (χ3n) is 4.60. The summed E-state index contributed by atoms with van der Waals surface area (Å²) in [6.07, 6.45) is 1.29. The SMILES string of the molecule is O=C(O)CCc1ccc(OCCCOc2ccc(C(=O)c3ccc(F)cc3)cc2)cc1. The van der Waals surface area contributed by atoms with Gasteiger partial charge in [0.2, 0.25) is 0 Å². The van der Waals surface area contributed by atoms with Gasteiger partial charge in [-0.2, -0.15) is 0 Å². The van der Waals surface area contributed by atoms with E-state index in [0.717, 1.165) is 11.3 Å². The van der Waals surface area contributed by atoms with E-state index in [4.69, 9.17) is 14.6 Å². The Morgan fingerprint density at radius 3 is 1.74 bits per heavy atom. The zero-order chi connectivity index (χ0) is 22.1. The van der Waals surface area contributed by atoms with Crippen molar-refractivity contribution < 1.29 is 28.6 Å². The Bertz CT molecular complexity index is 996. The predicted molar refractivity (Wildman–Crippen MR) is 114 cm³/mol. The average Bonchev–Trinajstić information content (AvgIpc) is 2.79. The number of aliphatic carboxylic acids is 1. The lowest BCUT2D eigenvalue weighted by Gasteiger charge is -2.09. The second-order valence-corrected chi connectivity index (χ2v) is 6.95. The predicted octanol–water partition coefficient (Wildman–Crippen LogP) is 4.92. The molecule has 0 bridgehead atoms. The van der Waals surface area contributed by atoms with Crippen molar-refractivity contribution in [3.05, 3.63) is 95.3 Å². The van der Waals surface area contributed by atoms with Crippen molar-refractivity contribution in [3.8, 4) is 11.5 Å². The van der Waals surface area contributed by atoms with Gasteiger partial charge in [0.1, 0.15) is 17.3 Å². The summed E-state index contributed by atoms with van der Waals surface area (Å²) in [5, 5.41) is 8.71. The molecule has 3 rings (SSSR count). The molecule has 0 aliphatic heterocycles. The van der Waals surface area contributed by atoms with Crippen LogP contribution in [0.4, 0.5) is 4.39 Å². The molecular weight excluding hydrogens is 399 g/mol. The average molecular weight is 422 g/mol. The van der Waals surface area contributed by atoms with Crippen LogP contribution in [0.1, 0.15) is 34.3 Å². The van der Waals surface area contributed by atoms with Crippen molar-refractivity contribution in [1.82, 2.24) is 0 Å². The normalized spacial score (nSPS) is 10.5. The van der Waals surface area contributed by atoms with Gasteiger partial charge in [0.15, 0.2) is 5.78 Å². The molecule has 3 aromatic carbocycles. The first kappa shape index (κ1) is 22.0. The maximum atomic E-state index is 13.0. The number of benzene rings is 3. The first-order valence-corrected chi connectivity index (χ1v) is 9.98. The van der Waals surface area contributed by atoms with Crippen LogP contribution in [0, 0.1) is 5.82 Å². The van der Waals surface area contributed by atoms with Gasteiger partial charge in [0.05, 0.1) is 13.2 Å². The van der Waals surface area contributed by atoms with Crippen LogP contribution in [0.2, 0.25) is 0 Å². The van der Waals surface area contributed by atoms with Crippen molar-refractivity contribution in [3.63, 3.8) is 0 Å². The van der Waals surface area contributed by atoms with Gasteiger partial charge in [0.25, 0.3) is 0 Å². The van der Waals surface area contributed by atoms with Gasteiger partial charge >= 0.3 is 5.97 Å². The van der Waals surface area contributed by atoms with Gasteiger partial charge in [-0.3, -0.25) is 9.59 Å². The summed E-state index contributed by atoms with van der Waals surface area (Å²) in [6, 6.07) is 19.7.